The largest absolute Gasteiger partial charge is 0.377 e. The first-order valence-corrected chi connectivity index (χ1v) is 4.62. The molecule has 2 N–H and O–H groups in total. The average Bonchev–Trinajstić information content (AvgIpc) is 2.14. The van der Waals surface area contributed by atoms with E-state index in [0.29, 0.717) is 0 Å². The number of aliphatic hydroxyl groups is 1. The summed E-state index contributed by atoms with van der Waals surface area (Å²) in [7, 11) is 0. The zero-order valence-corrected chi connectivity index (χ0v) is 9.56. The molecule has 0 heterocycles. The Morgan fingerprint density at radius 3 is 1.33 bits per heavy atom. The molecule has 0 saturated carbocycles. The molecule has 0 radical (unpaired) electrons. The van der Waals surface area contributed by atoms with Crippen LogP contribution in [-0.2, 0) is 4.79 Å². The maximum absolute atomic E-state index is 9.77. The van der Waals surface area contributed by atoms with Crippen LogP contribution in [0.25, 0.3) is 0 Å². The average molecular weight is 179 g/mol. The molecular formula is C9H25NO2. The van der Waals surface area contributed by atoms with Gasteiger partial charge in [-0.15, -0.1) is 0 Å². The molecule has 0 saturated heterocycles. The quantitative estimate of drug-likeness (QED) is 0.606. The fraction of sp³-hybridized carbons (Fsp3) is 0.889. The third kappa shape index (κ3) is 113. The van der Waals surface area contributed by atoms with Gasteiger partial charge in [-0.25, -0.2) is 0 Å². The molecule has 0 aliphatic carbocycles. The Balaban J connectivity index is -0.0000000453. The second kappa shape index (κ2) is 47.3. The highest BCUT2D eigenvalue weighted by molar-refractivity contribution is 5.72. The molecule has 0 aromatic heterocycles. The summed E-state index contributed by atoms with van der Waals surface area (Å²) in [5, 5.41) is 10.0. The summed E-state index contributed by atoms with van der Waals surface area (Å²) >= 11 is 0. The number of hydrogen-bond acceptors (Lipinski definition) is 2. The van der Waals surface area contributed by atoms with Crippen molar-refractivity contribution in [1.29, 1.82) is 0 Å². The van der Waals surface area contributed by atoms with E-state index in [4.69, 9.17) is 5.11 Å². The normalized spacial score (nSPS) is 5.33. The molecule has 1 amide bonds. The van der Waals surface area contributed by atoms with E-state index >= 15 is 0 Å². The molecule has 78 valence electrons. The van der Waals surface area contributed by atoms with Crippen LogP contribution in [0.3, 0.4) is 0 Å². The van der Waals surface area contributed by atoms with Crippen LogP contribution in [0.1, 0.15) is 48.5 Å². The molecule has 0 aromatic carbocycles. The van der Waals surface area contributed by atoms with E-state index in [1.54, 1.807) is 0 Å². The van der Waals surface area contributed by atoms with Gasteiger partial charge >= 0.3 is 0 Å². The van der Waals surface area contributed by atoms with Gasteiger partial charge < -0.3 is 10.4 Å². The lowest BCUT2D eigenvalue weighted by molar-refractivity contribution is -0.120. The van der Waals surface area contributed by atoms with Crippen LogP contribution in [0.2, 0.25) is 0 Å². The fourth-order valence-electron chi connectivity index (χ4n) is 0.111. The smallest absolute Gasteiger partial charge is 0.218 e. The van der Waals surface area contributed by atoms with Crippen LogP contribution in [0.5, 0.6) is 0 Å². The molecule has 12 heavy (non-hydrogen) atoms. The predicted molar refractivity (Wildman–Crippen MR) is 54.9 cm³/mol. The van der Waals surface area contributed by atoms with Crippen molar-refractivity contribution in [3.63, 3.8) is 0 Å². The standard InChI is InChI=1S/C3H7NO2.3C2H6/c1-3(6)4-2-5;3*1-2/h5H,2H2,1H3,(H,4,6);3*1-2H3. The van der Waals surface area contributed by atoms with E-state index in [-0.39, 0.29) is 12.6 Å². The molecule has 0 aliphatic rings. The highest BCUT2D eigenvalue weighted by Gasteiger charge is 1.79. The summed E-state index contributed by atoms with van der Waals surface area (Å²) in [6.07, 6.45) is 0. The highest BCUT2D eigenvalue weighted by Crippen LogP contribution is 1.51. The van der Waals surface area contributed by atoms with E-state index in [9.17, 15) is 4.79 Å². The number of aliphatic hydroxyl groups excluding tert-OH is 1. The Hall–Kier alpha value is -0.570. The van der Waals surface area contributed by atoms with Crippen LogP contribution in [0, 0.1) is 0 Å². The molecule has 0 atom stereocenters. The molecule has 0 bridgehead atoms. The van der Waals surface area contributed by atoms with E-state index in [1.807, 2.05) is 41.5 Å². The van der Waals surface area contributed by atoms with Gasteiger partial charge in [0.1, 0.15) is 6.73 Å². The Labute approximate surface area is 77.2 Å². The summed E-state index contributed by atoms with van der Waals surface area (Å²) < 4.78 is 0. The summed E-state index contributed by atoms with van der Waals surface area (Å²) in [6, 6.07) is 0. The van der Waals surface area contributed by atoms with Crippen LogP contribution in [0.4, 0.5) is 0 Å². The van der Waals surface area contributed by atoms with Crippen molar-refractivity contribution in [3.05, 3.63) is 0 Å². The minimum atomic E-state index is -0.269. The molecule has 0 unspecified atom stereocenters. The van der Waals surface area contributed by atoms with Crippen molar-refractivity contribution < 1.29 is 9.90 Å². The van der Waals surface area contributed by atoms with Gasteiger partial charge in [0.2, 0.25) is 5.91 Å². The molecule has 0 aliphatic heterocycles. The monoisotopic (exact) mass is 179 g/mol. The van der Waals surface area contributed by atoms with Gasteiger partial charge in [-0.05, 0) is 0 Å². The lowest BCUT2D eigenvalue weighted by Crippen LogP contribution is -2.19. The Bertz CT molecular complexity index is 56.5. The Morgan fingerprint density at radius 1 is 1.08 bits per heavy atom. The van der Waals surface area contributed by atoms with Crippen LogP contribution >= 0.6 is 0 Å². The van der Waals surface area contributed by atoms with Crippen molar-refractivity contribution >= 4 is 5.91 Å². The van der Waals surface area contributed by atoms with Crippen LogP contribution < -0.4 is 5.32 Å². The second-order valence-corrected chi connectivity index (χ2v) is 0.891. The van der Waals surface area contributed by atoms with Crippen molar-refractivity contribution in [3.8, 4) is 0 Å². The zero-order chi connectivity index (χ0) is 11.0. The van der Waals surface area contributed by atoms with Gasteiger partial charge in [0.15, 0.2) is 0 Å². The maximum atomic E-state index is 9.77. The lowest BCUT2D eigenvalue weighted by Gasteiger charge is -1.88. The molecular weight excluding hydrogens is 154 g/mol. The van der Waals surface area contributed by atoms with Gasteiger partial charge in [0.25, 0.3) is 0 Å². The number of carbonyl (C=O) groups is 1. The molecule has 0 rings (SSSR count). The zero-order valence-electron chi connectivity index (χ0n) is 9.56. The number of carbonyl (C=O) groups excluding carboxylic acids is 1. The van der Waals surface area contributed by atoms with E-state index in [1.165, 1.54) is 6.92 Å². The number of rotatable bonds is 1. The van der Waals surface area contributed by atoms with E-state index in [0.717, 1.165) is 0 Å². The Kier molecular flexibility index (Phi) is 88.7. The summed E-state index contributed by atoms with van der Waals surface area (Å²) in [5.74, 6) is -0.211. The number of nitrogens with one attached hydrogen (secondary N) is 1. The van der Waals surface area contributed by atoms with Gasteiger partial charge in [-0.3, -0.25) is 4.79 Å². The summed E-state index contributed by atoms with van der Waals surface area (Å²) in [6.45, 7) is 13.1. The van der Waals surface area contributed by atoms with Crippen molar-refractivity contribution in [2.75, 3.05) is 6.73 Å². The second-order valence-electron chi connectivity index (χ2n) is 0.891. The van der Waals surface area contributed by atoms with Crippen molar-refractivity contribution in [2.24, 2.45) is 0 Å². The van der Waals surface area contributed by atoms with E-state index < -0.39 is 0 Å². The number of amides is 1. The molecule has 0 aromatic rings. The predicted octanol–water partition coefficient (Wildman–Crippen LogP) is 2.15. The maximum Gasteiger partial charge on any atom is 0.218 e. The van der Waals surface area contributed by atoms with Gasteiger partial charge in [-0.1, -0.05) is 41.5 Å². The van der Waals surface area contributed by atoms with Crippen molar-refractivity contribution in [2.45, 2.75) is 48.5 Å². The molecule has 0 fully saturated rings. The molecule has 3 nitrogen and oxygen atoms in total. The third-order valence-corrected chi connectivity index (χ3v) is 0.328. The van der Waals surface area contributed by atoms with Gasteiger partial charge in [-0.2, -0.15) is 0 Å². The van der Waals surface area contributed by atoms with Gasteiger partial charge in [0.05, 0.1) is 0 Å². The third-order valence-electron chi connectivity index (χ3n) is 0.328. The molecule has 3 heteroatoms. The highest BCUT2D eigenvalue weighted by atomic mass is 16.3. The van der Waals surface area contributed by atoms with Crippen LogP contribution in [0.15, 0.2) is 0 Å². The minimum Gasteiger partial charge on any atom is -0.377 e. The number of hydrogen-bond donors (Lipinski definition) is 2. The first kappa shape index (κ1) is 22.5. The minimum absolute atomic E-state index is 0.211. The van der Waals surface area contributed by atoms with Gasteiger partial charge in [0, 0.05) is 6.92 Å². The fourth-order valence-corrected chi connectivity index (χ4v) is 0.111. The first-order valence-electron chi connectivity index (χ1n) is 4.62. The first-order chi connectivity index (χ1) is 5.77. The van der Waals surface area contributed by atoms with Crippen molar-refractivity contribution in [1.82, 2.24) is 5.32 Å². The topological polar surface area (TPSA) is 49.3 Å². The van der Waals surface area contributed by atoms with E-state index in [2.05, 4.69) is 5.32 Å². The Morgan fingerprint density at radius 2 is 1.33 bits per heavy atom. The van der Waals surface area contributed by atoms with Crippen LogP contribution in [-0.4, -0.2) is 17.7 Å². The molecule has 0 spiro atoms. The SMILES string of the molecule is CC.CC.CC.CC(=O)NCO. The lowest BCUT2D eigenvalue weighted by atomic mass is 10.7. The summed E-state index contributed by atoms with van der Waals surface area (Å²) in [4.78, 5) is 9.77. The summed E-state index contributed by atoms with van der Waals surface area (Å²) in [5.41, 5.74) is 0.